The van der Waals surface area contributed by atoms with Crippen LogP contribution in [0.2, 0.25) is 0 Å². The second kappa shape index (κ2) is 7.26. The van der Waals surface area contributed by atoms with Crippen LogP contribution in [0, 0.1) is 0 Å². The van der Waals surface area contributed by atoms with Crippen molar-refractivity contribution in [3.8, 4) is 0 Å². The minimum absolute atomic E-state index is 0.239. The van der Waals surface area contributed by atoms with Gasteiger partial charge >= 0.3 is 12.1 Å². The van der Waals surface area contributed by atoms with E-state index in [9.17, 15) is 9.59 Å². The molecule has 0 aliphatic carbocycles. The molecule has 6 nitrogen and oxygen atoms in total. The van der Waals surface area contributed by atoms with Crippen LogP contribution in [0.15, 0.2) is 30.3 Å². The summed E-state index contributed by atoms with van der Waals surface area (Å²) in [7, 11) is 2.82. The fourth-order valence-electron chi connectivity index (χ4n) is 2.54. The van der Waals surface area contributed by atoms with Crippen LogP contribution in [0.4, 0.5) is 4.79 Å². The van der Waals surface area contributed by atoms with Crippen molar-refractivity contribution >= 4 is 12.1 Å². The molecule has 1 aromatic carbocycles. The van der Waals surface area contributed by atoms with E-state index in [2.05, 4.69) is 0 Å². The first-order valence-corrected chi connectivity index (χ1v) is 7.20. The van der Waals surface area contributed by atoms with Gasteiger partial charge in [0.1, 0.15) is 6.61 Å². The Balaban J connectivity index is 1.85. The van der Waals surface area contributed by atoms with Gasteiger partial charge in [0.25, 0.3) is 0 Å². The van der Waals surface area contributed by atoms with E-state index >= 15 is 0 Å². The van der Waals surface area contributed by atoms with Crippen LogP contribution in [0.1, 0.15) is 18.4 Å². The summed E-state index contributed by atoms with van der Waals surface area (Å²) in [5.74, 6) is -0.396. The molecule has 0 spiro atoms. The first-order chi connectivity index (χ1) is 10.6. The lowest BCUT2D eigenvalue weighted by atomic mass is 9.91. The number of rotatable bonds is 4. The molecule has 22 heavy (non-hydrogen) atoms. The smallest absolute Gasteiger partial charge is 0.410 e. The van der Waals surface area contributed by atoms with Crippen LogP contribution in [-0.2, 0) is 25.6 Å². The lowest BCUT2D eigenvalue weighted by Crippen LogP contribution is -2.52. The van der Waals surface area contributed by atoms with E-state index in [4.69, 9.17) is 14.2 Å². The van der Waals surface area contributed by atoms with Gasteiger partial charge in [-0.05, 0) is 5.56 Å². The Morgan fingerprint density at radius 2 is 1.77 bits per heavy atom. The van der Waals surface area contributed by atoms with Gasteiger partial charge in [-0.15, -0.1) is 0 Å². The predicted octanol–water partition coefficient (Wildman–Crippen LogP) is 1.98. The van der Waals surface area contributed by atoms with Crippen molar-refractivity contribution < 1.29 is 23.8 Å². The summed E-state index contributed by atoms with van der Waals surface area (Å²) in [6.45, 7) is 1.04. The molecule has 1 aliphatic heterocycles. The minimum atomic E-state index is -0.953. The molecule has 1 aromatic rings. The monoisotopic (exact) mass is 307 g/mol. The van der Waals surface area contributed by atoms with Crippen molar-refractivity contribution in [2.24, 2.45) is 0 Å². The van der Waals surface area contributed by atoms with Gasteiger partial charge in [-0.3, -0.25) is 0 Å². The number of esters is 1. The number of carbonyl (C=O) groups is 2. The zero-order chi connectivity index (χ0) is 16.0. The number of likely N-dealkylation sites (tertiary alicyclic amines) is 1. The molecule has 0 saturated carbocycles. The van der Waals surface area contributed by atoms with Crippen LogP contribution < -0.4 is 0 Å². The van der Waals surface area contributed by atoms with Gasteiger partial charge in [-0.2, -0.15) is 0 Å². The number of carbonyl (C=O) groups excluding carboxylic acids is 2. The molecule has 0 bridgehead atoms. The van der Waals surface area contributed by atoms with E-state index in [1.807, 2.05) is 30.3 Å². The summed E-state index contributed by atoms with van der Waals surface area (Å²) in [5.41, 5.74) is -0.0148. The molecule has 1 heterocycles. The third-order valence-electron chi connectivity index (χ3n) is 3.98. The van der Waals surface area contributed by atoms with Crippen LogP contribution >= 0.6 is 0 Å². The standard InChI is InChI=1S/C16H21NO5/c1-20-14(18)16(21-2)8-10-17(11-9-16)15(19)22-12-13-6-4-3-5-7-13/h3-7H,8-12H2,1-2H3. The van der Waals surface area contributed by atoms with Crippen molar-refractivity contribution in [3.63, 3.8) is 0 Å². The van der Waals surface area contributed by atoms with Gasteiger partial charge < -0.3 is 19.1 Å². The lowest BCUT2D eigenvalue weighted by Gasteiger charge is -2.37. The summed E-state index contributed by atoms with van der Waals surface area (Å²) < 4.78 is 15.4. The second-order valence-electron chi connectivity index (χ2n) is 5.22. The summed E-state index contributed by atoms with van der Waals surface area (Å²) in [6.07, 6.45) is 0.422. The Kier molecular flexibility index (Phi) is 5.38. The molecule has 2 rings (SSSR count). The lowest BCUT2D eigenvalue weighted by molar-refractivity contribution is -0.171. The molecule has 1 amide bonds. The van der Waals surface area contributed by atoms with E-state index in [1.54, 1.807) is 4.90 Å². The maximum atomic E-state index is 12.1. The predicted molar refractivity (Wildman–Crippen MR) is 79.2 cm³/mol. The Labute approximate surface area is 129 Å². The first-order valence-electron chi connectivity index (χ1n) is 7.20. The molecule has 0 N–H and O–H groups in total. The van der Waals surface area contributed by atoms with Crippen molar-refractivity contribution in [1.29, 1.82) is 0 Å². The molecule has 1 fully saturated rings. The largest absolute Gasteiger partial charge is 0.467 e. The Bertz CT molecular complexity index is 509. The van der Waals surface area contributed by atoms with Gasteiger partial charge in [0.05, 0.1) is 7.11 Å². The van der Waals surface area contributed by atoms with Crippen LogP contribution in [-0.4, -0.2) is 49.9 Å². The number of benzene rings is 1. The topological polar surface area (TPSA) is 65.1 Å². The SMILES string of the molecule is COC(=O)C1(OC)CCN(C(=O)OCc2ccccc2)CC1. The Hall–Kier alpha value is -2.08. The average molecular weight is 307 g/mol. The Morgan fingerprint density at radius 1 is 1.14 bits per heavy atom. The molecule has 0 atom stereocenters. The van der Waals surface area contributed by atoms with E-state index in [0.717, 1.165) is 5.56 Å². The van der Waals surface area contributed by atoms with E-state index < -0.39 is 11.6 Å². The molecule has 0 radical (unpaired) electrons. The third-order valence-corrected chi connectivity index (χ3v) is 3.98. The maximum absolute atomic E-state index is 12.1. The van der Waals surface area contributed by atoms with Crippen molar-refractivity contribution in [3.05, 3.63) is 35.9 Å². The summed E-state index contributed by atoms with van der Waals surface area (Å²) in [5, 5.41) is 0. The number of methoxy groups -OCH3 is 2. The van der Waals surface area contributed by atoms with E-state index in [1.165, 1.54) is 14.2 Å². The first kappa shape index (κ1) is 16.3. The number of hydrogen-bond acceptors (Lipinski definition) is 5. The molecule has 0 unspecified atom stereocenters. The molecule has 1 saturated heterocycles. The highest BCUT2D eigenvalue weighted by Crippen LogP contribution is 2.27. The number of ether oxygens (including phenoxy) is 3. The van der Waals surface area contributed by atoms with Crippen molar-refractivity contribution in [2.75, 3.05) is 27.3 Å². The number of amides is 1. The molecule has 1 aliphatic rings. The summed E-state index contributed by atoms with van der Waals surface area (Å²) >= 11 is 0. The van der Waals surface area contributed by atoms with E-state index in [-0.39, 0.29) is 12.7 Å². The minimum Gasteiger partial charge on any atom is -0.467 e. The van der Waals surface area contributed by atoms with Crippen LogP contribution in [0.3, 0.4) is 0 Å². The van der Waals surface area contributed by atoms with Gasteiger partial charge in [0.15, 0.2) is 5.60 Å². The van der Waals surface area contributed by atoms with E-state index in [0.29, 0.717) is 25.9 Å². The molecule has 120 valence electrons. The quantitative estimate of drug-likeness (QED) is 0.796. The zero-order valence-corrected chi connectivity index (χ0v) is 12.9. The van der Waals surface area contributed by atoms with Crippen molar-refractivity contribution in [1.82, 2.24) is 4.90 Å². The van der Waals surface area contributed by atoms with Gasteiger partial charge in [-0.1, -0.05) is 30.3 Å². The van der Waals surface area contributed by atoms with Gasteiger partial charge in [-0.25, -0.2) is 9.59 Å². The fourth-order valence-corrected chi connectivity index (χ4v) is 2.54. The highest BCUT2D eigenvalue weighted by Gasteiger charge is 2.43. The Morgan fingerprint density at radius 3 is 2.32 bits per heavy atom. The normalized spacial score (nSPS) is 16.9. The van der Waals surface area contributed by atoms with Gasteiger partial charge in [0, 0.05) is 33.0 Å². The number of nitrogens with zero attached hydrogens (tertiary/aromatic N) is 1. The molecule has 6 heteroatoms. The fraction of sp³-hybridized carbons (Fsp3) is 0.500. The van der Waals surface area contributed by atoms with Crippen LogP contribution in [0.5, 0.6) is 0 Å². The highest BCUT2D eigenvalue weighted by atomic mass is 16.6. The van der Waals surface area contributed by atoms with Crippen molar-refractivity contribution in [2.45, 2.75) is 25.0 Å². The van der Waals surface area contributed by atoms with Gasteiger partial charge in [0.2, 0.25) is 0 Å². The number of piperidine rings is 1. The van der Waals surface area contributed by atoms with Crippen LogP contribution in [0.25, 0.3) is 0 Å². The summed E-state index contributed by atoms with van der Waals surface area (Å²) in [6, 6.07) is 9.50. The molecular formula is C16H21NO5. The molecule has 0 aromatic heterocycles. The third kappa shape index (κ3) is 3.57. The second-order valence-corrected chi connectivity index (χ2v) is 5.22. The average Bonchev–Trinajstić information content (AvgIpc) is 2.59. The number of hydrogen-bond donors (Lipinski definition) is 0. The molecular weight excluding hydrogens is 286 g/mol. The summed E-state index contributed by atoms with van der Waals surface area (Å²) in [4.78, 5) is 25.5. The maximum Gasteiger partial charge on any atom is 0.410 e. The zero-order valence-electron chi connectivity index (χ0n) is 12.9. The highest BCUT2D eigenvalue weighted by molar-refractivity contribution is 5.80.